The number of nitrogens with two attached hydrogens (primary N) is 1. The van der Waals surface area contributed by atoms with Crippen molar-refractivity contribution < 1.29 is 4.21 Å². The molecular weight excluding hydrogens is 294 g/mol. The molecule has 0 aliphatic heterocycles. The van der Waals surface area contributed by atoms with E-state index in [1.165, 1.54) is 5.37 Å². The molecule has 0 radical (unpaired) electrons. The van der Waals surface area contributed by atoms with Crippen molar-refractivity contribution >= 4 is 44.9 Å². The van der Waals surface area contributed by atoms with Crippen LogP contribution in [0.1, 0.15) is 5.56 Å². The summed E-state index contributed by atoms with van der Waals surface area (Å²) in [6, 6.07) is 11.1. The number of nitrogens with zero attached hydrogens (tertiary/aromatic N) is 1. The Labute approximate surface area is 123 Å². The van der Waals surface area contributed by atoms with Crippen LogP contribution in [0.25, 0.3) is 22.4 Å². The standard InChI is InChI=1S/C14H10ClN3OS/c15-8-5-9(10(7-20-19)11(16)6-8)14-17-12-3-1-2-4-13(12)18-14/h1-7H,16H2,(H,17,18). The minimum absolute atomic E-state index is 0.351. The van der Waals surface area contributed by atoms with Crippen molar-refractivity contribution in [2.24, 2.45) is 0 Å². The first-order valence-corrected chi connectivity index (χ1v) is 7.03. The van der Waals surface area contributed by atoms with Gasteiger partial charge in [0.15, 0.2) is 0 Å². The third-order valence-corrected chi connectivity index (χ3v) is 3.54. The Kier molecular flexibility index (Phi) is 3.30. The lowest BCUT2D eigenvalue weighted by molar-refractivity contribution is 0.701. The summed E-state index contributed by atoms with van der Waals surface area (Å²) in [6.07, 6.45) is 0. The molecule has 6 heteroatoms. The Bertz CT molecular complexity index is 820. The fraction of sp³-hybridized carbons (Fsp3) is 0. The largest absolute Gasteiger partial charge is 0.398 e. The minimum atomic E-state index is 0.351. The van der Waals surface area contributed by atoms with Crippen molar-refractivity contribution in [3.8, 4) is 11.4 Å². The average Bonchev–Trinajstić information content (AvgIpc) is 2.85. The summed E-state index contributed by atoms with van der Waals surface area (Å²) < 4.78 is 10.8. The number of benzene rings is 2. The number of hydrogen-bond acceptors (Lipinski definition) is 3. The van der Waals surface area contributed by atoms with Gasteiger partial charge in [-0.15, -0.1) is 0 Å². The van der Waals surface area contributed by atoms with Gasteiger partial charge in [-0.3, -0.25) is 0 Å². The van der Waals surface area contributed by atoms with Crippen LogP contribution in [0.4, 0.5) is 5.69 Å². The molecule has 1 aromatic heterocycles. The van der Waals surface area contributed by atoms with E-state index in [2.05, 4.69) is 9.97 Å². The molecule has 2 aromatic carbocycles. The maximum absolute atomic E-state index is 10.8. The van der Waals surface area contributed by atoms with E-state index in [9.17, 15) is 4.21 Å². The first-order chi connectivity index (χ1) is 9.69. The number of halogens is 1. The molecule has 3 rings (SSSR count). The van der Waals surface area contributed by atoms with Crippen LogP contribution in [0, 0.1) is 0 Å². The van der Waals surface area contributed by atoms with Crippen LogP contribution in [0.5, 0.6) is 0 Å². The Balaban J connectivity index is 2.29. The Hall–Kier alpha value is -2.11. The second-order valence-corrected chi connectivity index (χ2v) is 5.14. The first kappa shape index (κ1) is 12.9. The highest BCUT2D eigenvalue weighted by Gasteiger charge is 2.12. The summed E-state index contributed by atoms with van der Waals surface area (Å²) >= 11 is 6.40. The second-order valence-electron chi connectivity index (χ2n) is 4.27. The Morgan fingerprint density at radius 1 is 1.30 bits per heavy atom. The third-order valence-electron chi connectivity index (χ3n) is 2.99. The lowest BCUT2D eigenvalue weighted by Gasteiger charge is -2.06. The molecule has 0 saturated heterocycles. The second kappa shape index (κ2) is 5.11. The van der Waals surface area contributed by atoms with E-state index >= 15 is 0 Å². The predicted molar refractivity (Wildman–Crippen MR) is 84.3 cm³/mol. The van der Waals surface area contributed by atoms with Gasteiger partial charge in [-0.1, -0.05) is 23.7 Å². The summed E-state index contributed by atoms with van der Waals surface area (Å²) in [7, 11) is 0. The van der Waals surface area contributed by atoms with E-state index in [0.717, 1.165) is 16.6 Å². The number of aromatic amines is 1. The zero-order valence-electron chi connectivity index (χ0n) is 10.3. The van der Waals surface area contributed by atoms with Crippen molar-refractivity contribution in [3.63, 3.8) is 0 Å². The molecule has 3 aromatic rings. The van der Waals surface area contributed by atoms with Crippen LogP contribution in [0.2, 0.25) is 5.02 Å². The zero-order valence-corrected chi connectivity index (χ0v) is 11.8. The van der Waals surface area contributed by atoms with Crippen molar-refractivity contribution in [2.45, 2.75) is 0 Å². The van der Waals surface area contributed by atoms with Gasteiger partial charge in [-0.2, -0.15) is 0 Å². The van der Waals surface area contributed by atoms with Gasteiger partial charge < -0.3 is 10.7 Å². The van der Waals surface area contributed by atoms with E-state index < -0.39 is 0 Å². The van der Waals surface area contributed by atoms with E-state index in [4.69, 9.17) is 17.3 Å². The van der Waals surface area contributed by atoms with E-state index in [-0.39, 0.29) is 0 Å². The minimum Gasteiger partial charge on any atom is -0.398 e. The average molecular weight is 304 g/mol. The molecule has 100 valence electrons. The molecule has 0 aliphatic carbocycles. The van der Waals surface area contributed by atoms with Crippen molar-refractivity contribution in [2.75, 3.05) is 5.73 Å². The number of anilines is 1. The van der Waals surface area contributed by atoms with Gasteiger partial charge in [0.25, 0.3) is 0 Å². The van der Waals surface area contributed by atoms with E-state index in [1.807, 2.05) is 24.3 Å². The summed E-state index contributed by atoms with van der Waals surface area (Å²) in [4.78, 5) is 7.72. The van der Waals surface area contributed by atoms with Gasteiger partial charge in [0, 0.05) is 27.2 Å². The van der Waals surface area contributed by atoms with Gasteiger partial charge in [0.05, 0.1) is 22.3 Å². The Morgan fingerprint density at radius 2 is 2.10 bits per heavy atom. The molecule has 3 N–H and O–H groups in total. The van der Waals surface area contributed by atoms with Crippen molar-refractivity contribution in [3.05, 3.63) is 47.0 Å². The molecule has 1 heterocycles. The number of fused-ring (bicyclic) bond motifs is 1. The van der Waals surface area contributed by atoms with Crippen molar-refractivity contribution in [1.29, 1.82) is 0 Å². The van der Waals surface area contributed by atoms with E-state index in [1.54, 1.807) is 12.1 Å². The zero-order chi connectivity index (χ0) is 14.1. The van der Waals surface area contributed by atoms with Crippen LogP contribution < -0.4 is 5.73 Å². The number of aromatic nitrogens is 2. The predicted octanol–water partition coefficient (Wildman–Crippen LogP) is 2.83. The van der Waals surface area contributed by atoms with Gasteiger partial charge in [0.1, 0.15) is 5.82 Å². The SMILES string of the molecule is Nc1cc(Cl)cc(-c2nc3ccccc3[nH]2)c1C=S=O. The molecular formula is C14H10ClN3OS. The third kappa shape index (κ3) is 2.21. The first-order valence-electron chi connectivity index (χ1n) is 5.85. The smallest absolute Gasteiger partial charge is 0.139 e. The lowest BCUT2D eigenvalue weighted by Crippen LogP contribution is -1.97. The highest BCUT2D eigenvalue weighted by molar-refractivity contribution is 7.65. The number of hydrogen-bond donors (Lipinski definition) is 2. The molecule has 0 saturated carbocycles. The fourth-order valence-electron chi connectivity index (χ4n) is 2.10. The Morgan fingerprint density at radius 3 is 2.85 bits per heavy atom. The summed E-state index contributed by atoms with van der Waals surface area (Å²) in [5.41, 5.74) is 9.50. The molecule has 4 nitrogen and oxygen atoms in total. The molecule has 0 aliphatic rings. The molecule has 0 atom stereocenters. The summed E-state index contributed by atoms with van der Waals surface area (Å²) in [6.45, 7) is 0. The highest BCUT2D eigenvalue weighted by Crippen LogP contribution is 2.30. The van der Waals surface area contributed by atoms with Gasteiger partial charge >= 0.3 is 0 Å². The maximum Gasteiger partial charge on any atom is 0.139 e. The van der Waals surface area contributed by atoms with Gasteiger partial charge in [0.2, 0.25) is 0 Å². The van der Waals surface area contributed by atoms with Crippen molar-refractivity contribution in [1.82, 2.24) is 9.97 Å². The number of H-pyrrole nitrogens is 1. The highest BCUT2D eigenvalue weighted by atomic mass is 35.5. The van der Waals surface area contributed by atoms with Gasteiger partial charge in [-0.25, -0.2) is 9.19 Å². The lowest BCUT2D eigenvalue weighted by atomic mass is 10.1. The maximum atomic E-state index is 10.8. The normalized spacial score (nSPS) is 10.7. The van der Waals surface area contributed by atoms with Crippen LogP contribution in [-0.2, 0) is 11.3 Å². The number of imidazole rings is 1. The monoisotopic (exact) mass is 303 g/mol. The summed E-state index contributed by atoms with van der Waals surface area (Å²) in [5.74, 6) is 0.640. The topological polar surface area (TPSA) is 71.8 Å². The quantitative estimate of drug-likeness (QED) is 0.565. The van der Waals surface area contributed by atoms with Crippen LogP contribution >= 0.6 is 11.6 Å². The number of nitrogens with one attached hydrogen (secondary N) is 1. The molecule has 0 fully saturated rings. The van der Waals surface area contributed by atoms with Gasteiger partial charge in [-0.05, 0) is 24.3 Å². The molecule has 0 unspecified atom stereocenters. The fourth-order valence-corrected chi connectivity index (χ4v) is 2.68. The number of nitrogen functional groups attached to an aromatic ring is 1. The molecule has 0 bridgehead atoms. The van der Waals surface area contributed by atoms with Crippen LogP contribution in [0.3, 0.4) is 0 Å². The molecule has 0 amide bonds. The number of para-hydroxylation sites is 2. The van der Waals surface area contributed by atoms with Crippen LogP contribution in [0.15, 0.2) is 36.4 Å². The summed E-state index contributed by atoms with van der Waals surface area (Å²) in [5, 5.41) is 1.96. The number of rotatable bonds is 2. The van der Waals surface area contributed by atoms with E-state index in [0.29, 0.717) is 33.4 Å². The van der Waals surface area contributed by atoms with Crippen LogP contribution in [-0.4, -0.2) is 19.5 Å². The molecule has 20 heavy (non-hydrogen) atoms. The molecule has 0 spiro atoms.